The van der Waals surface area contributed by atoms with Gasteiger partial charge in [0.1, 0.15) is 33.1 Å². The SMILES string of the molecule is Cc1cc(-c2cnc3sc(N)nc3c2)cc2c1OCCN(c1nc(N)nc(Br)c1C(C)C)C2. The molecule has 1 aliphatic rings. The summed E-state index contributed by atoms with van der Waals surface area (Å²) >= 11 is 4.97. The topological polar surface area (TPSA) is 116 Å². The lowest BCUT2D eigenvalue weighted by atomic mass is 9.99. The number of anilines is 3. The van der Waals surface area contributed by atoms with Gasteiger partial charge in [-0.25, -0.2) is 15.0 Å². The van der Waals surface area contributed by atoms with Gasteiger partial charge in [-0.2, -0.15) is 4.98 Å². The van der Waals surface area contributed by atoms with Crippen molar-refractivity contribution in [2.45, 2.75) is 33.2 Å². The molecule has 0 unspecified atom stereocenters. The first-order chi connectivity index (χ1) is 15.8. The molecule has 0 bridgehead atoms. The first kappa shape index (κ1) is 21.8. The second kappa shape index (κ2) is 8.42. The largest absolute Gasteiger partial charge is 0.491 e. The highest BCUT2D eigenvalue weighted by atomic mass is 79.9. The molecule has 4 aromatic rings. The molecule has 0 atom stereocenters. The van der Waals surface area contributed by atoms with Crippen molar-refractivity contribution in [1.82, 2.24) is 19.9 Å². The van der Waals surface area contributed by atoms with Crippen molar-refractivity contribution in [3.63, 3.8) is 0 Å². The van der Waals surface area contributed by atoms with Gasteiger partial charge in [-0.05, 0) is 58.1 Å². The van der Waals surface area contributed by atoms with Gasteiger partial charge in [-0.1, -0.05) is 25.2 Å². The summed E-state index contributed by atoms with van der Waals surface area (Å²) in [7, 11) is 0. The maximum Gasteiger partial charge on any atom is 0.223 e. The van der Waals surface area contributed by atoms with E-state index in [1.807, 2.05) is 12.3 Å². The summed E-state index contributed by atoms with van der Waals surface area (Å²) in [5, 5.41) is 0.521. The van der Waals surface area contributed by atoms with Gasteiger partial charge in [-0.15, -0.1) is 0 Å². The summed E-state index contributed by atoms with van der Waals surface area (Å²) in [5.74, 6) is 2.24. The molecule has 33 heavy (non-hydrogen) atoms. The van der Waals surface area contributed by atoms with Crippen LogP contribution in [0.5, 0.6) is 5.75 Å². The highest BCUT2D eigenvalue weighted by Gasteiger charge is 2.24. The summed E-state index contributed by atoms with van der Waals surface area (Å²) in [5.41, 5.74) is 17.9. The summed E-state index contributed by atoms with van der Waals surface area (Å²) in [6, 6.07) is 6.32. The van der Waals surface area contributed by atoms with Crippen molar-refractivity contribution in [1.29, 1.82) is 0 Å². The predicted octanol–water partition coefficient (Wildman–Crippen LogP) is 4.91. The molecular weight excluding hydrogens is 502 g/mol. The smallest absolute Gasteiger partial charge is 0.223 e. The molecular formula is C23H24BrN7OS. The normalized spacial score (nSPS) is 13.8. The number of thiazole rings is 1. The van der Waals surface area contributed by atoms with Gasteiger partial charge < -0.3 is 21.1 Å². The standard InChI is InChI=1S/C23H24BrN7OS/c1-11(2)17-19(24)29-22(25)30-20(17)31-4-5-32-18-12(3)6-13(7-15(18)10-31)14-8-16-21(27-9-14)33-23(26)28-16/h6-9,11H,4-5,10H2,1-3H3,(H2,26,28)(H2,25,29,30). The quantitative estimate of drug-likeness (QED) is 0.362. The molecule has 0 saturated carbocycles. The van der Waals surface area contributed by atoms with Crippen molar-refractivity contribution >= 4 is 54.5 Å². The van der Waals surface area contributed by atoms with Crippen LogP contribution in [0, 0.1) is 6.92 Å². The number of fused-ring (bicyclic) bond motifs is 2. The van der Waals surface area contributed by atoms with Crippen LogP contribution in [-0.2, 0) is 6.54 Å². The molecule has 4 heterocycles. The zero-order valence-corrected chi connectivity index (χ0v) is 21.0. The number of nitrogen functional groups attached to an aromatic ring is 2. The number of pyridine rings is 1. The number of benzene rings is 1. The van der Waals surface area contributed by atoms with Crippen LogP contribution >= 0.6 is 27.3 Å². The second-order valence-electron chi connectivity index (χ2n) is 8.42. The van der Waals surface area contributed by atoms with Crippen LogP contribution in [0.25, 0.3) is 21.5 Å². The molecule has 5 rings (SSSR count). The molecule has 0 saturated heterocycles. The van der Waals surface area contributed by atoms with Crippen molar-refractivity contribution in [3.05, 3.63) is 45.7 Å². The fourth-order valence-corrected chi connectivity index (χ4v) is 5.72. The van der Waals surface area contributed by atoms with Crippen LogP contribution in [0.4, 0.5) is 16.9 Å². The van der Waals surface area contributed by atoms with Crippen LogP contribution in [0.3, 0.4) is 0 Å². The zero-order valence-electron chi connectivity index (χ0n) is 18.6. The summed E-state index contributed by atoms with van der Waals surface area (Å²) in [4.78, 5) is 20.9. The monoisotopic (exact) mass is 525 g/mol. The van der Waals surface area contributed by atoms with Crippen LogP contribution in [0.15, 0.2) is 29.0 Å². The third kappa shape index (κ3) is 4.08. The maximum absolute atomic E-state index is 6.19. The number of rotatable bonds is 3. The van der Waals surface area contributed by atoms with Gasteiger partial charge in [-0.3, -0.25) is 0 Å². The minimum absolute atomic E-state index is 0.232. The summed E-state index contributed by atoms with van der Waals surface area (Å²) < 4.78 is 6.92. The van der Waals surface area contributed by atoms with E-state index >= 15 is 0 Å². The van der Waals surface area contributed by atoms with E-state index in [1.54, 1.807) is 0 Å². The lowest BCUT2D eigenvalue weighted by molar-refractivity contribution is 0.329. The fourth-order valence-electron chi connectivity index (χ4n) is 4.24. The molecule has 0 fully saturated rings. The highest BCUT2D eigenvalue weighted by Crippen LogP contribution is 2.37. The van der Waals surface area contributed by atoms with Crippen LogP contribution in [0.2, 0.25) is 0 Å². The fraction of sp³-hybridized carbons (Fsp3) is 0.304. The Labute approximate surface area is 204 Å². The number of nitrogens with two attached hydrogens (primary N) is 2. The van der Waals surface area contributed by atoms with Crippen molar-refractivity contribution < 1.29 is 4.74 Å². The molecule has 3 aromatic heterocycles. The average molecular weight is 526 g/mol. The Hall–Kier alpha value is -2.98. The number of ether oxygens (including phenoxy) is 1. The molecule has 0 aliphatic carbocycles. The molecule has 8 nitrogen and oxygen atoms in total. The first-order valence-electron chi connectivity index (χ1n) is 10.7. The van der Waals surface area contributed by atoms with Crippen LogP contribution < -0.4 is 21.1 Å². The number of nitrogens with zero attached hydrogens (tertiary/aromatic N) is 5. The number of aromatic nitrogens is 4. The predicted molar refractivity (Wildman–Crippen MR) is 137 cm³/mol. The first-order valence-corrected chi connectivity index (χ1v) is 12.3. The van der Waals surface area contributed by atoms with Crippen LogP contribution in [-0.4, -0.2) is 33.1 Å². The summed E-state index contributed by atoms with van der Waals surface area (Å²) in [6.45, 7) is 8.22. The van der Waals surface area contributed by atoms with E-state index in [0.717, 1.165) is 54.3 Å². The lowest BCUT2D eigenvalue weighted by Crippen LogP contribution is -2.28. The van der Waals surface area contributed by atoms with Gasteiger partial charge >= 0.3 is 0 Å². The average Bonchev–Trinajstić information content (AvgIpc) is 2.98. The Morgan fingerprint density at radius 2 is 1.94 bits per heavy atom. The van der Waals surface area contributed by atoms with E-state index in [2.05, 4.69) is 73.7 Å². The van der Waals surface area contributed by atoms with Gasteiger partial charge in [0.2, 0.25) is 5.95 Å². The van der Waals surface area contributed by atoms with Gasteiger partial charge in [0.15, 0.2) is 5.13 Å². The third-order valence-corrected chi connectivity index (χ3v) is 7.10. The van der Waals surface area contributed by atoms with Crippen LogP contribution in [0.1, 0.15) is 36.5 Å². The minimum Gasteiger partial charge on any atom is -0.491 e. The maximum atomic E-state index is 6.19. The Bertz CT molecular complexity index is 1370. The number of hydrogen-bond donors (Lipinski definition) is 2. The van der Waals surface area contributed by atoms with Gasteiger partial charge in [0, 0.05) is 29.4 Å². The number of aryl methyl sites for hydroxylation is 1. The molecule has 1 aromatic carbocycles. The molecule has 0 amide bonds. The molecule has 10 heteroatoms. The third-order valence-electron chi connectivity index (χ3n) is 5.69. The lowest BCUT2D eigenvalue weighted by Gasteiger charge is -2.26. The zero-order chi connectivity index (χ0) is 23.3. The van der Waals surface area contributed by atoms with E-state index in [0.29, 0.717) is 24.8 Å². The number of halogens is 1. The highest BCUT2D eigenvalue weighted by molar-refractivity contribution is 9.10. The molecule has 1 aliphatic heterocycles. The molecule has 0 spiro atoms. The number of hydrogen-bond acceptors (Lipinski definition) is 9. The molecule has 4 N–H and O–H groups in total. The summed E-state index contributed by atoms with van der Waals surface area (Å²) in [6.07, 6.45) is 1.87. The Kier molecular flexibility index (Phi) is 5.57. The van der Waals surface area contributed by atoms with Crippen molar-refractivity contribution in [3.8, 4) is 16.9 Å². The van der Waals surface area contributed by atoms with Crippen molar-refractivity contribution in [2.75, 3.05) is 29.5 Å². The minimum atomic E-state index is 0.232. The van der Waals surface area contributed by atoms with E-state index < -0.39 is 0 Å². The molecule has 170 valence electrons. The van der Waals surface area contributed by atoms with E-state index in [4.69, 9.17) is 16.2 Å². The Morgan fingerprint density at radius 3 is 2.73 bits per heavy atom. The van der Waals surface area contributed by atoms with Gasteiger partial charge in [0.25, 0.3) is 0 Å². The Morgan fingerprint density at radius 1 is 1.12 bits per heavy atom. The van der Waals surface area contributed by atoms with E-state index in [9.17, 15) is 0 Å². The second-order valence-corrected chi connectivity index (χ2v) is 10.2. The van der Waals surface area contributed by atoms with Crippen molar-refractivity contribution in [2.24, 2.45) is 0 Å². The Balaban J connectivity index is 1.58. The van der Waals surface area contributed by atoms with Gasteiger partial charge in [0.05, 0.1) is 6.54 Å². The van der Waals surface area contributed by atoms with E-state index in [1.165, 1.54) is 11.3 Å². The van der Waals surface area contributed by atoms with E-state index in [-0.39, 0.29) is 11.9 Å². The molecule has 0 radical (unpaired) electrons.